The van der Waals surface area contributed by atoms with Gasteiger partial charge in [0.2, 0.25) is 5.91 Å². The van der Waals surface area contributed by atoms with Crippen LogP contribution < -0.4 is 5.32 Å². The zero-order chi connectivity index (χ0) is 14.5. The highest BCUT2D eigenvalue weighted by atomic mass is 16.4. The second-order valence-corrected chi connectivity index (χ2v) is 5.69. The predicted octanol–water partition coefficient (Wildman–Crippen LogP) is 2.59. The van der Waals surface area contributed by atoms with Crippen LogP contribution >= 0.6 is 0 Å². The first kappa shape index (κ1) is 16.7. The van der Waals surface area contributed by atoms with Crippen molar-refractivity contribution < 1.29 is 14.7 Å². The van der Waals surface area contributed by atoms with E-state index in [9.17, 15) is 9.59 Å². The number of amides is 1. The maximum absolute atomic E-state index is 12.0. The van der Waals surface area contributed by atoms with Crippen molar-refractivity contribution in [3.8, 4) is 0 Å². The molecule has 0 heterocycles. The summed E-state index contributed by atoms with van der Waals surface area (Å²) in [7, 11) is 0. The van der Waals surface area contributed by atoms with Gasteiger partial charge in [-0.15, -0.1) is 6.58 Å². The highest BCUT2D eigenvalue weighted by Crippen LogP contribution is 2.22. The first-order valence-corrected chi connectivity index (χ1v) is 6.26. The number of allylic oxidation sites excluding steroid dienone is 1. The fourth-order valence-electron chi connectivity index (χ4n) is 1.73. The van der Waals surface area contributed by atoms with Crippen molar-refractivity contribution in [2.75, 3.05) is 0 Å². The minimum atomic E-state index is -0.904. The van der Waals surface area contributed by atoms with Crippen LogP contribution in [-0.2, 0) is 9.59 Å². The van der Waals surface area contributed by atoms with Crippen LogP contribution in [0.25, 0.3) is 0 Å². The van der Waals surface area contributed by atoms with Crippen molar-refractivity contribution in [2.45, 2.75) is 53.0 Å². The molecule has 0 fully saturated rings. The summed E-state index contributed by atoms with van der Waals surface area (Å²) < 4.78 is 0. The molecule has 0 aliphatic carbocycles. The van der Waals surface area contributed by atoms with Gasteiger partial charge in [-0.1, -0.05) is 26.3 Å². The van der Waals surface area contributed by atoms with E-state index in [1.165, 1.54) is 0 Å². The van der Waals surface area contributed by atoms with Gasteiger partial charge in [0.05, 0.1) is 6.42 Å². The average molecular weight is 255 g/mol. The van der Waals surface area contributed by atoms with Crippen molar-refractivity contribution in [3.63, 3.8) is 0 Å². The zero-order valence-electron chi connectivity index (χ0n) is 12.0. The van der Waals surface area contributed by atoms with E-state index in [1.54, 1.807) is 6.92 Å². The number of carboxylic acid groups (broad SMARTS) is 1. The third-order valence-corrected chi connectivity index (χ3v) is 3.30. The Labute approximate surface area is 109 Å². The van der Waals surface area contributed by atoms with Gasteiger partial charge in [-0.25, -0.2) is 0 Å². The quantitative estimate of drug-likeness (QED) is 0.687. The number of hydrogen-bond acceptors (Lipinski definition) is 2. The number of hydrogen-bond donors (Lipinski definition) is 2. The molecule has 104 valence electrons. The Bertz CT molecular complexity index is 336. The maximum Gasteiger partial charge on any atom is 0.305 e. The fourth-order valence-corrected chi connectivity index (χ4v) is 1.73. The lowest BCUT2D eigenvalue weighted by Crippen LogP contribution is -2.52. The van der Waals surface area contributed by atoms with Gasteiger partial charge in [-0.2, -0.15) is 0 Å². The fraction of sp³-hybridized carbons (Fsp3) is 0.714. The van der Waals surface area contributed by atoms with E-state index in [0.717, 1.165) is 5.57 Å². The normalized spacial score (nSPS) is 15.9. The molecular formula is C14H25NO3. The molecule has 1 amide bonds. The van der Waals surface area contributed by atoms with E-state index in [2.05, 4.69) is 11.9 Å². The van der Waals surface area contributed by atoms with E-state index in [0.29, 0.717) is 6.42 Å². The van der Waals surface area contributed by atoms with E-state index in [-0.39, 0.29) is 24.2 Å². The molecule has 0 aliphatic heterocycles. The molecule has 0 radical (unpaired) electrons. The molecule has 18 heavy (non-hydrogen) atoms. The lowest BCUT2D eigenvalue weighted by molar-refractivity contribution is -0.139. The predicted molar refractivity (Wildman–Crippen MR) is 72.2 cm³/mol. The molecule has 4 nitrogen and oxygen atoms in total. The van der Waals surface area contributed by atoms with Gasteiger partial charge in [-0.05, 0) is 26.2 Å². The first-order chi connectivity index (χ1) is 8.08. The molecule has 0 aromatic rings. The second-order valence-electron chi connectivity index (χ2n) is 5.69. The van der Waals surface area contributed by atoms with Gasteiger partial charge in [-0.3, -0.25) is 9.59 Å². The zero-order valence-corrected chi connectivity index (χ0v) is 12.0. The highest BCUT2D eigenvalue weighted by molar-refractivity contribution is 5.80. The Morgan fingerprint density at radius 3 is 2.17 bits per heavy atom. The molecule has 0 aromatic heterocycles. The highest BCUT2D eigenvalue weighted by Gasteiger charge is 2.33. The van der Waals surface area contributed by atoms with Crippen molar-refractivity contribution in [1.29, 1.82) is 0 Å². The van der Waals surface area contributed by atoms with Crippen LogP contribution in [0, 0.1) is 11.8 Å². The minimum Gasteiger partial charge on any atom is -0.481 e. The summed E-state index contributed by atoms with van der Waals surface area (Å²) in [5, 5.41) is 11.8. The molecule has 2 atom stereocenters. The molecule has 4 heteroatoms. The molecule has 0 aromatic carbocycles. The minimum absolute atomic E-state index is 0.0505. The van der Waals surface area contributed by atoms with Gasteiger partial charge in [0.25, 0.3) is 0 Å². The topological polar surface area (TPSA) is 66.4 Å². The number of carboxylic acids is 1. The summed E-state index contributed by atoms with van der Waals surface area (Å²) in [6, 6.07) is 0. The van der Waals surface area contributed by atoms with Crippen LogP contribution in [0.2, 0.25) is 0 Å². The summed E-state index contributed by atoms with van der Waals surface area (Å²) in [5.41, 5.74) is 0.230. The lowest BCUT2D eigenvalue weighted by Gasteiger charge is -2.34. The van der Waals surface area contributed by atoms with Gasteiger partial charge in [0.1, 0.15) is 0 Å². The van der Waals surface area contributed by atoms with Gasteiger partial charge in [0, 0.05) is 11.5 Å². The van der Waals surface area contributed by atoms with Crippen molar-refractivity contribution >= 4 is 11.9 Å². The second kappa shape index (κ2) is 6.57. The Morgan fingerprint density at radius 2 is 1.83 bits per heavy atom. The summed E-state index contributed by atoms with van der Waals surface area (Å²) in [6.07, 6.45) is 0.545. The number of aliphatic carboxylic acids is 1. The molecule has 0 spiro atoms. The van der Waals surface area contributed by atoms with Gasteiger partial charge < -0.3 is 10.4 Å². The Hall–Kier alpha value is -1.32. The third-order valence-electron chi connectivity index (χ3n) is 3.30. The number of carbonyl (C=O) groups is 2. The Kier molecular flexibility index (Phi) is 6.09. The molecule has 0 aliphatic rings. The Balaban J connectivity index is 4.73. The van der Waals surface area contributed by atoms with E-state index in [4.69, 9.17) is 5.11 Å². The SMILES string of the molecule is C=C(C)CC(C)C(=O)NC(C)(CC(=O)O)C(C)C. The third kappa shape index (κ3) is 5.34. The van der Waals surface area contributed by atoms with Crippen LogP contribution in [0.4, 0.5) is 0 Å². The number of carbonyl (C=O) groups excluding carboxylic acids is 1. The smallest absolute Gasteiger partial charge is 0.305 e. The van der Waals surface area contributed by atoms with E-state index >= 15 is 0 Å². The average Bonchev–Trinajstić information content (AvgIpc) is 2.14. The standard InChI is InChI=1S/C14H25NO3/c1-9(2)7-11(5)13(18)15-14(6,10(3)4)8-12(16)17/h10-11H,1,7-8H2,2-6H3,(H,15,18)(H,16,17). The summed E-state index contributed by atoms with van der Waals surface area (Å²) in [6.45, 7) is 13.1. The summed E-state index contributed by atoms with van der Waals surface area (Å²) in [4.78, 5) is 22.9. The first-order valence-electron chi connectivity index (χ1n) is 6.26. The lowest BCUT2D eigenvalue weighted by atomic mass is 9.84. The van der Waals surface area contributed by atoms with Crippen LogP contribution in [0.5, 0.6) is 0 Å². The molecule has 0 bridgehead atoms. The largest absolute Gasteiger partial charge is 0.481 e. The van der Waals surface area contributed by atoms with Crippen molar-refractivity contribution in [3.05, 3.63) is 12.2 Å². The Morgan fingerprint density at radius 1 is 1.33 bits per heavy atom. The number of rotatable bonds is 7. The van der Waals surface area contributed by atoms with Crippen LogP contribution in [0.3, 0.4) is 0 Å². The summed E-state index contributed by atoms with van der Waals surface area (Å²) >= 11 is 0. The maximum atomic E-state index is 12.0. The van der Waals surface area contributed by atoms with Gasteiger partial charge in [0.15, 0.2) is 0 Å². The molecule has 0 rings (SSSR count). The molecular weight excluding hydrogens is 230 g/mol. The van der Waals surface area contributed by atoms with E-state index < -0.39 is 11.5 Å². The van der Waals surface area contributed by atoms with Crippen molar-refractivity contribution in [2.24, 2.45) is 11.8 Å². The van der Waals surface area contributed by atoms with Crippen LogP contribution in [0.1, 0.15) is 47.5 Å². The molecule has 0 saturated carbocycles. The van der Waals surface area contributed by atoms with E-state index in [1.807, 2.05) is 27.7 Å². The summed E-state index contributed by atoms with van der Waals surface area (Å²) in [5.74, 6) is -1.15. The van der Waals surface area contributed by atoms with Crippen molar-refractivity contribution in [1.82, 2.24) is 5.32 Å². The molecule has 2 unspecified atom stereocenters. The van der Waals surface area contributed by atoms with Crippen LogP contribution in [0.15, 0.2) is 12.2 Å². The molecule has 0 saturated heterocycles. The number of nitrogens with one attached hydrogen (secondary N) is 1. The molecule has 2 N–H and O–H groups in total. The van der Waals surface area contributed by atoms with Crippen LogP contribution in [-0.4, -0.2) is 22.5 Å². The monoisotopic (exact) mass is 255 g/mol. The van der Waals surface area contributed by atoms with Gasteiger partial charge >= 0.3 is 5.97 Å².